The summed E-state index contributed by atoms with van der Waals surface area (Å²) in [6.07, 6.45) is 0. The molecule has 4 heteroatoms. The zero-order chi connectivity index (χ0) is 15.5. The number of rotatable bonds is 3. The molecule has 0 radical (unpaired) electrons. The van der Waals surface area contributed by atoms with E-state index in [2.05, 4.69) is 32.0 Å². The second-order valence-electron chi connectivity index (χ2n) is 5.86. The number of hydrogen-bond acceptors (Lipinski definition) is 3. The van der Waals surface area contributed by atoms with Crippen LogP contribution in [0.1, 0.15) is 31.9 Å². The predicted octanol–water partition coefficient (Wildman–Crippen LogP) is 3.87. The summed E-state index contributed by atoms with van der Waals surface area (Å²) < 4.78 is 5.90. The van der Waals surface area contributed by atoms with Crippen LogP contribution in [-0.4, -0.2) is 11.0 Å². The Hall–Kier alpha value is -2.49. The van der Waals surface area contributed by atoms with Gasteiger partial charge in [-0.1, -0.05) is 50.2 Å². The first-order valence-corrected chi connectivity index (χ1v) is 6.77. The summed E-state index contributed by atoms with van der Waals surface area (Å²) >= 11 is 0. The number of oxime groups is 1. The molecule has 2 aromatic rings. The Morgan fingerprint density at radius 1 is 1.10 bits per heavy atom. The van der Waals surface area contributed by atoms with E-state index in [-0.39, 0.29) is 11.3 Å². The van der Waals surface area contributed by atoms with Crippen molar-refractivity contribution in [1.82, 2.24) is 0 Å². The number of nitrogens with zero attached hydrogens (tertiary/aromatic N) is 1. The topological polar surface area (TPSA) is 67.8 Å². The molecule has 3 N–H and O–H groups in total. The molecule has 0 bridgehead atoms. The highest BCUT2D eigenvalue weighted by molar-refractivity contribution is 5.99. The molecule has 0 unspecified atom stereocenters. The summed E-state index contributed by atoms with van der Waals surface area (Å²) in [6.45, 7) is 6.45. The largest absolute Gasteiger partial charge is 0.457 e. The van der Waals surface area contributed by atoms with Crippen LogP contribution in [0.2, 0.25) is 0 Å². The average molecular weight is 284 g/mol. The van der Waals surface area contributed by atoms with Gasteiger partial charge in [-0.3, -0.25) is 0 Å². The zero-order valence-electron chi connectivity index (χ0n) is 12.5. The molecule has 2 rings (SSSR count). The molecule has 0 aliphatic carbocycles. The molecule has 4 nitrogen and oxygen atoms in total. The van der Waals surface area contributed by atoms with Gasteiger partial charge in [0.05, 0.1) is 5.56 Å². The Morgan fingerprint density at radius 3 is 2.48 bits per heavy atom. The third-order valence-corrected chi connectivity index (χ3v) is 3.20. The number of hydrogen-bond donors (Lipinski definition) is 2. The Kier molecular flexibility index (Phi) is 4.17. The van der Waals surface area contributed by atoms with E-state index in [1.54, 1.807) is 12.1 Å². The van der Waals surface area contributed by atoms with Gasteiger partial charge in [-0.25, -0.2) is 0 Å². The Balaban J connectivity index is 2.35. The van der Waals surface area contributed by atoms with E-state index in [4.69, 9.17) is 15.7 Å². The van der Waals surface area contributed by atoms with Crippen LogP contribution in [0.15, 0.2) is 53.7 Å². The van der Waals surface area contributed by atoms with Crippen molar-refractivity contribution in [3.8, 4) is 11.5 Å². The SMILES string of the molecule is CC(C)(C)c1cccc(Oc2ccccc2/C(N)=N/O)c1. The minimum Gasteiger partial charge on any atom is -0.457 e. The van der Waals surface area contributed by atoms with Gasteiger partial charge in [-0.2, -0.15) is 0 Å². The van der Waals surface area contributed by atoms with Crippen LogP contribution in [-0.2, 0) is 5.41 Å². The molecule has 0 aliphatic rings. The summed E-state index contributed by atoms with van der Waals surface area (Å²) in [6, 6.07) is 15.1. The van der Waals surface area contributed by atoms with E-state index in [1.165, 1.54) is 5.56 Å². The summed E-state index contributed by atoms with van der Waals surface area (Å²) in [5.41, 5.74) is 7.45. The number of para-hydroxylation sites is 1. The number of benzene rings is 2. The predicted molar refractivity (Wildman–Crippen MR) is 84.2 cm³/mol. The molecule has 0 aliphatic heterocycles. The van der Waals surface area contributed by atoms with Crippen molar-refractivity contribution < 1.29 is 9.94 Å². The summed E-state index contributed by atoms with van der Waals surface area (Å²) in [4.78, 5) is 0. The standard InChI is InChI=1S/C17H20N2O2/c1-17(2,3)12-7-6-8-13(11-12)21-15-10-5-4-9-14(15)16(18)19-20/h4-11,20H,1-3H3,(H2,18,19). The van der Waals surface area contributed by atoms with Crippen molar-refractivity contribution in [3.63, 3.8) is 0 Å². The van der Waals surface area contributed by atoms with Crippen LogP contribution in [0.4, 0.5) is 0 Å². The minimum atomic E-state index is 0.0255. The van der Waals surface area contributed by atoms with Crippen molar-refractivity contribution in [3.05, 3.63) is 59.7 Å². The summed E-state index contributed by atoms with van der Waals surface area (Å²) in [5.74, 6) is 1.30. The number of ether oxygens (including phenoxy) is 1. The van der Waals surface area contributed by atoms with E-state index in [0.29, 0.717) is 11.3 Å². The van der Waals surface area contributed by atoms with Crippen molar-refractivity contribution in [2.24, 2.45) is 10.9 Å². The second kappa shape index (κ2) is 5.87. The molecule has 110 valence electrons. The Morgan fingerprint density at radius 2 is 1.81 bits per heavy atom. The first-order chi connectivity index (χ1) is 9.91. The molecule has 0 aromatic heterocycles. The number of nitrogens with two attached hydrogens (primary N) is 1. The maximum absolute atomic E-state index is 8.84. The molecule has 0 spiro atoms. The second-order valence-corrected chi connectivity index (χ2v) is 5.86. The summed E-state index contributed by atoms with van der Waals surface area (Å²) in [7, 11) is 0. The normalized spacial score (nSPS) is 12.2. The lowest BCUT2D eigenvalue weighted by atomic mass is 9.87. The average Bonchev–Trinajstić information content (AvgIpc) is 2.46. The summed E-state index contributed by atoms with van der Waals surface area (Å²) in [5, 5.41) is 11.9. The highest BCUT2D eigenvalue weighted by atomic mass is 16.5. The lowest BCUT2D eigenvalue weighted by Gasteiger charge is -2.20. The lowest BCUT2D eigenvalue weighted by molar-refractivity contribution is 0.318. The van der Waals surface area contributed by atoms with E-state index < -0.39 is 0 Å². The zero-order valence-corrected chi connectivity index (χ0v) is 12.5. The highest BCUT2D eigenvalue weighted by Gasteiger charge is 2.15. The van der Waals surface area contributed by atoms with Crippen molar-refractivity contribution in [2.45, 2.75) is 26.2 Å². The van der Waals surface area contributed by atoms with Crippen LogP contribution < -0.4 is 10.5 Å². The van der Waals surface area contributed by atoms with E-state index >= 15 is 0 Å². The molecule has 0 heterocycles. The van der Waals surface area contributed by atoms with Gasteiger partial charge in [0.1, 0.15) is 11.5 Å². The third-order valence-electron chi connectivity index (χ3n) is 3.20. The fraction of sp³-hybridized carbons (Fsp3) is 0.235. The van der Waals surface area contributed by atoms with E-state index in [0.717, 1.165) is 5.75 Å². The van der Waals surface area contributed by atoms with Crippen LogP contribution in [0, 0.1) is 0 Å². The first kappa shape index (κ1) is 14.9. The molecule has 2 aromatic carbocycles. The van der Waals surface area contributed by atoms with Crippen LogP contribution in [0.3, 0.4) is 0 Å². The maximum Gasteiger partial charge on any atom is 0.173 e. The van der Waals surface area contributed by atoms with Crippen molar-refractivity contribution >= 4 is 5.84 Å². The fourth-order valence-electron chi connectivity index (χ4n) is 1.97. The van der Waals surface area contributed by atoms with Crippen LogP contribution in [0.5, 0.6) is 11.5 Å². The molecule has 0 saturated heterocycles. The fourth-order valence-corrected chi connectivity index (χ4v) is 1.97. The quantitative estimate of drug-likeness (QED) is 0.389. The third kappa shape index (κ3) is 3.54. The Labute approximate surface area is 124 Å². The first-order valence-electron chi connectivity index (χ1n) is 6.77. The lowest BCUT2D eigenvalue weighted by Crippen LogP contribution is -2.14. The molecule has 0 saturated carbocycles. The highest BCUT2D eigenvalue weighted by Crippen LogP contribution is 2.29. The molecule has 0 amide bonds. The molecule has 0 fully saturated rings. The van der Waals surface area contributed by atoms with Gasteiger partial charge in [-0.15, -0.1) is 0 Å². The molecular formula is C17H20N2O2. The van der Waals surface area contributed by atoms with Gasteiger partial charge in [0, 0.05) is 0 Å². The maximum atomic E-state index is 8.84. The number of amidine groups is 1. The molecular weight excluding hydrogens is 264 g/mol. The van der Waals surface area contributed by atoms with Gasteiger partial charge in [0.15, 0.2) is 5.84 Å². The van der Waals surface area contributed by atoms with Crippen molar-refractivity contribution in [2.75, 3.05) is 0 Å². The van der Waals surface area contributed by atoms with Gasteiger partial charge in [0.2, 0.25) is 0 Å². The van der Waals surface area contributed by atoms with Gasteiger partial charge >= 0.3 is 0 Å². The minimum absolute atomic E-state index is 0.0255. The van der Waals surface area contributed by atoms with E-state index in [1.807, 2.05) is 30.3 Å². The van der Waals surface area contributed by atoms with Gasteiger partial charge in [0.25, 0.3) is 0 Å². The van der Waals surface area contributed by atoms with Crippen molar-refractivity contribution in [1.29, 1.82) is 0 Å². The monoisotopic (exact) mass is 284 g/mol. The smallest absolute Gasteiger partial charge is 0.173 e. The van der Waals surface area contributed by atoms with Crippen LogP contribution in [0.25, 0.3) is 0 Å². The molecule has 21 heavy (non-hydrogen) atoms. The van der Waals surface area contributed by atoms with Gasteiger partial charge < -0.3 is 15.7 Å². The van der Waals surface area contributed by atoms with E-state index in [9.17, 15) is 0 Å². The molecule has 0 atom stereocenters. The van der Waals surface area contributed by atoms with Crippen LogP contribution >= 0.6 is 0 Å². The Bertz CT molecular complexity index is 658. The van der Waals surface area contributed by atoms with Gasteiger partial charge in [-0.05, 0) is 35.2 Å².